The van der Waals surface area contributed by atoms with E-state index in [1.165, 1.54) is 0 Å². The zero-order chi connectivity index (χ0) is 11.4. The molecule has 84 valence electrons. The molecule has 0 aliphatic rings. The first-order chi connectivity index (χ1) is 7.78. The average molecular weight is 284 g/mol. The van der Waals surface area contributed by atoms with E-state index in [-0.39, 0.29) is 6.61 Å². The van der Waals surface area contributed by atoms with Crippen LogP contribution in [0.3, 0.4) is 0 Å². The van der Waals surface area contributed by atoms with E-state index in [9.17, 15) is 0 Å². The molecule has 0 amide bonds. The number of hydrogen-bond acceptors (Lipinski definition) is 5. The monoisotopic (exact) mass is 283 g/mol. The number of halogens is 1. The molecule has 2 aromatic heterocycles. The van der Waals surface area contributed by atoms with E-state index in [0.29, 0.717) is 17.5 Å². The molecule has 0 unspecified atom stereocenters. The van der Waals surface area contributed by atoms with Crippen LogP contribution in [0.1, 0.15) is 18.6 Å². The van der Waals surface area contributed by atoms with Crippen LogP contribution in [0, 0.1) is 0 Å². The Hall–Kier alpha value is -1.43. The summed E-state index contributed by atoms with van der Waals surface area (Å²) in [4.78, 5) is 8.11. The zero-order valence-corrected chi connectivity index (χ0v) is 10.3. The Labute approximate surface area is 101 Å². The van der Waals surface area contributed by atoms with Gasteiger partial charge < -0.3 is 9.26 Å². The number of aryl methyl sites for hydroxylation is 1. The number of nitrogens with zero attached hydrogens (tertiary/aromatic N) is 3. The van der Waals surface area contributed by atoms with Gasteiger partial charge in [-0.2, -0.15) is 4.98 Å². The third-order valence-corrected chi connectivity index (χ3v) is 2.30. The largest absolute Gasteiger partial charge is 0.482 e. The second kappa shape index (κ2) is 5.07. The molecule has 0 fully saturated rings. The van der Waals surface area contributed by atoms with Gasteiger partial charge in [0.2, 0.25) is 0 Å². The molecular weight excluding hydrogens is 274 g/mol. The van der Waals surface area contributed by atoms with Crippen molar-refractivity contribution in [3.63, 3.8) is 0 Å². The molecule has 0 aliphatic carbocycles. The van der Waals surface area contributed by atoms with E-state index in [0.717, 1.165) is 10.9 Å². The van der Waals surface area contributed by atoms with Crippen LogP contribution in [0.4, 0.5) is 0 Å². The van der Waals surface area contributed by atoms with Gasteiger partial charge in [0.1, 0.15) is 5.75 Å². The lowest BCUT2D eigenvalue weighted by molar-refractivity contribution is 0.241. The van der Waals surface area contributed by atoms with Gasteiger partial charge in [-0.15, -0.1) is 0 Å². The lowest BCUT2D eigenvalue weighted by Crippen LogP contribution is -1.96. The maximum Gasteiger partial charge on any atom is 0.264 e. The number of pyridine rings is 1. The molecule has 2 aromatic rings. The topological polar surface area (TPSA) is 61.0 Å². The molecular formula is C10H10BrN3O2. The number of hydrogen-bond donors (Lipinski definition) is 0. The Morgan fingerprint density at radius 1 is 1.44 bits per heavy atom. The molecule has 0 N–H and O–H groups in total. The van der Waals surface area contributed by atoms with E-state index >= 15 is 0 Å². The Morgan fingerprint density at radius 3 is 3.00 bits per heavy atom. The number of ether oxygens (including phenoxy) is 1. The summed E-state index contributed by atoms with van der Waals surface area (Å²) in [5.74, 6) is 1.81. The fraction of sp³-hybridized carbons (Fsp3) is 0.300. The van der Waals surface area contributed by atoms with Crippen molar-refractivity contribution in [3.05, 3.63) is 34.6 Å². The summed E-state index contributed by atoms with van der Waals surface area (Å²) >= 11 is 3.31. The van der Waals surface area contributed by atoms with Gasteiger partial charge in [0, 0.05) is 17.1 Å². The van der Waals surface area contributed by atoms with Gasteiger partial charge in [0.15, 0.2) is 12.4 Å². The third kappa shape index (κ3) is 2.79. The SMILES string of the molecule is CCc1noc(COc2cncc(Br)c2)n1. The maximum absolute atomic E-state index is 5.44. The highest BCUT2D eigenvalue weighted by molar-refractivity contribution is 9.10. The second-order valence-electron chi connectivity index (χ2n) is 3.09. The van der Waals surface area contributed by atoms with Crippen molar-refractivity contribution in [2.75, 3.05) is 0 Å². The van der Waals surface area contributed by atoms with Crippen molar-refractivity contribution in [1.29, 1.82) is 0 Å². The fourth-order valence-electron chi connectivity index (χ4n) is 1.11. The minimum atomic E-state index is 0.255. The average Bonchev–Trinajstić information content (AvgIpc) is 2.74. The van der Waals surface area contributed by atoms with E-state index in [1.54, 1.807) is 12.4 Å². The summed E-state index contributed by atoms with van der Waals surface area (Å²) in [5.41, 5.74) is 0. The van der Waals surface area contributed by atoms with Gasteiger partial charge in [0.05, 0.1) is 6.20 Å². The quantitative estimate of drug-likeness (QED) is 0.862. The first-order valence-corrected chi connectivity index (χ1v) is 5.62. The van der Waals surface area contributed by atoms with Crippen molar-refractivity contribution in [2.45, 2.75) is 20.0 Å². The minimum Gasteiger partial charge on any atom is -0.482 e. The van der Waals surface area contributed by atoms with Crippen LogP contribution >= 0.6 is 15.9 Å². The minimum absolute atomic E-state index is 0.255. The van der Waals surface area contributed by atoms with Crippen molar-refractivity contribution in [2.24, 2.45) is 0 Å². The van der Waals surface area contributed by atoms with Crippen LogP contribution in [0.5, 0.6) is 5.75 Å². The van der Waals surface area contributed by atoms with Gasteiger partial charge in [0.25, 0.3) is 5.89 Å². The lowest BCUT2D eigenvalue weighted by atomic mass is 10.4. The molecule has 0 aromatic carbocycles. The highest BCUT2D eigenvalue weighted by atomic mass is 79.9. The van der Waals surface area contributed by atoms with Gasteiger partial charge >= 0.3 is 0 Å². The Balaban J connectivity index is 1.96. The molecule has 0 radical (unpaired) electrons. The standard InChI is InChI=1S/C10H10BrN3O2/c1-2-9-13-10(16-14-9)6-15-8-3-7(11)4-12-5-8/h3-5H,2,6H2,1H3. The molecule has 6 heteroatoms. The highest BCUT2D eigenvalue weighted by Crippen LogP contribution is 2.16. The first-order valence-electron chi connectivity index (χ1n) is 4.82. The molecule has 0 aliphatic heterocycles. The summed E-state index contributed by atoms with van der Waals surface area (Å²) in [5, 5.41) is 3.77. The molecule has 0 saturated heterocycles. The molecule has 0 saturated carbocycles. The molecule has 2 heterocycles. The van der Waals surface area contributed by atoms with E-state index < -0.39 is 0 Å². The van der Waals surface area contributed by atoms with Gasteiger partial charge in [-0.05, 0) is 22.0 Å². The maximum atomic E-state index is 5.44. The molecule has 5 nitrogen and oxygen atoms in total. The Morgan fingerprint density at radius 2 is 2.31 bits per heavy atom. The summed E-state index contributed by atoms with van der Waals surface area (Å²) in [6.45, 7) is 2.22. The van der Waals surface area contributed by atoms with Crippen molar-refractivity contribution >= 4 is 15.9 Å². The van der Waals surface area contributed by atoms with Crippen molar-refractivity contribution in [3.8, 4) is 5.75 Å². The fourth-order valence-corrected chi connectivity index (χ4v) is 1.45. The summed E-state index contributed by atoms with van der Waals surface area (Å²) in [6.07, 6.45) is 4.07. The van der Waals surface area contributed by atoms with Crippen LogP contribution < -0.4 is 4.74 Å². The van der Waals surface area contributed by atoms with Crippen LogP contribution in [-0.2, 0) is 13.0 Å². The Bertz CT molecular complexity index is 473. The Kier molecular flexibility index (Phi) is 3.51. The van der Waals surface area contributed by atoms with Gasteiger partial charge in [-0.3, -0.25) is 4.98 Å². The predicted octanol–water partition coefficient (Wildman–Crippen LogP) is 2.37. The van der Waals surface area contributed by atoms with Gasteiger partial charge in [-0.1, -0.05) is 12.1 Å². The second-order valence-corrected chi connectivity index (χ2v) is 4.00. The predicted molar refractivity (Wildman–Crippen MR) is 59.9 cm³/mol. The summed E-state index contributed by atoms with van der Waals surface area (Å²) in [7, 11) is 0. The molecule has 16 heavy (non-hydrogen) atoms. The molecule has 0 atom stereocenters. The van der Waals surface area contributed by atoms with E-state index in [4.69, 9.17) is 9.26 Å². The number of rotatable bonds is 4. The van der Waals surface area contributed by atoms with Crippen molar-refractivity contribution in [1.82, 2.24) is 15.1 Å². The molecule has 0 spiro atoms. The highest BCUT2D eigenvalue weighted by Gasteiger charge is 2.05. The van der Waals surface area contributed by atoms with E-state index in [1.807, 2.05) is 13.0 Å². The van der Waals surface area contributed by atoms with Crippen molar-refractivity contribution < 1.29 is 9.26 Å². The van der Waals surface area contributed by atoms with E-state index in [2.05, 4.69) is 31.1 Å². The normalized spacial score (nSPS) is 10.4. The zero-order valence-electron chi connectivity index (χ0n) is 8.68. The smallest absolute Gasteiger partial charge is 0.264 e. The molecule has 0 bridgehead atoms. The van der Waals surface area contributed by atoms with Crippen LogP contribution in [0.25, 0.3) is 0 Å². The lowest BCUT2D eigenvalue weighted by Gasteiger charge is -2.01. The summed E-state index contributed by atoms with van der Waals surface area (Å²) < 4.78 is 11.3. The van der Waals surface area contributed by atoms with Crippen LogP contribution in [-0.4, -0.2) is 15.1 Å². The third-order valence-electron chi connectivity index (χ3n) is 1.87. The number of aromatic nitrogens is 3. The molecule has 2 rings (SSSR count). The van der Waals surface area contributed by atoms with Crippen LogP contribution in [0.2, 0.25) is 0 Å². The first kappa shape index (κ1) is 11.1. The van der Waals surface area contributed by atoms with Gasteiger partial charge in [-0.25, -0.2) is 0 Å². The van der Waals surface area contributed by atoms with Crippen LogP contribution in [0.15, 0.2) is 27.5 Å². The summed E-state index contributed by atoms with van der Waals surface area (Å²) in [6, 6.07) is 1.82.